The maximum Gasteiger partial charge on any atom is 0.314 e. The number of esters is 4. The lowest BCUT2D eigenvalue weighted by Crippen LogP contribution is -2.42. The Morgan fingerprint density at radius 1 is 0.349 bits per heavy atom. The van der Waals surface area contributed by atoms with Gasteiger partial charge in [-0.05, 0) is 397 Å². The molecular weight excluding hydrogens is 2030 g/mol. The number of thioether (sulfide) groups is 7. The summed E-state index contributed by atoms with van der Waals surface area (Å²) in [4.78, 5) is 61.0. The quantitative estimate of drug-likeness (QED) is 0.0158. The van der Waals surface area contributed by atoms with Crippen LogP contribution in [-0.2, 0) is 44.2 Å². The summed E-state index contributed by atoms with van der Waals surface area (Å²) in [5, 5.41) is 7.14. The van der Waals surface area contributed by atoms with Gasteiger partial charge in [0, 0.05) is 71.8 Å². The molecule has 15 fully saturated rings. The van der Waals surface area contributed by atoms with Crippen molar-refractivity contribution >= 4 is 132 Å². The van der Waals surface area contributed by atoms with E-state index >= 15 is 0 Å². The smallest absolute Gasteiger partial charge is 0.314 e. The molecule has 4 bridgehead atoms. The van der Waals surface area contributed by atoms with Gasteiger partial charge in [-0.25, -0.2) is 0 Å². The summed E-state index contributed by atoms with van der Waals surface area (Å²) in [7, 11) is -7.27. The van der Waals surface area contributed by atoms with E-state index in [1.165, 1.54) is 139 Å². The molecule has 7 aromatic carbocycles. The summed E-state index contributed by atoms with van der Waals surface area (Å²) >= 11 is 13.9. The molecule has 29 unspecified atom stereocenters. The molecule has 0 N–H and O–H groups in total. The van der Waals surface area contributed by atoms with Crippen molar-refractivity contribution in [1.82, 2.24) is 0 Å². The largest absolute Gasteiger partial charge is 0.493 e. The van der Waals surface area contributed by atoms with Crippen LogP contribution in [0.4, 0.5) is 0 Å². The predicted molar refractivity (Wildman–Crippen MR) is 622 cm³/mol. The molecule has 16 nitrogen and oxygen atoms in total. The molecule has 29 atom stereocenters. The van der Waals surface area contributed by atoms with Crippen molar-refractivity contribution in [3.8, 4) is 40.2 Å². The number of hydrogen-bond acceptors (Lipinski definition) is 23. The number of Topliss-reactive ketones (excluding diaryl/α,β-unsaturated/α-hetero) is 1. The number of hydrogen-bond donors (Lipinski definition) is 0. The number of carbonyl (C=O) groups is 5. The number of fused-ring (bicyclic) bond motifs is 12. The third-order valence-electron chi connectivity index (χ3n) is 35.6. The molecule has 7 aliphatic carbocycles. The van der Waals surface area contributed by atoms with Gasteiger partial charge in [0.15, 0.2) is 5.78 Å². The van der Waals surface area contributed by atoms with Crippen LogP contribution in [0.2, 0.25) is 0 Å². The highest BCUT2D eigenvalue weighted by molar-refractivity contribution is 8.08. The molecule has 8 heterocycles. The lowest BCUT2D eigenvalue weighted by Gasteiger charge is -2.43. The number of carbonyl (C=O) groups excluding carboxylic acids is 5. The van der Waals surface area contributed by atoms with Crippen molar-refractivity contribution in [1.29, 1.82) is 0 Å². The summed E-state index contributed by atoms with van der Waals surface area (Å²) in [6.07, 6.45) is 30.6. The first kappa shape index (κ1) is 115. The van der Waals surface area contributed by atoms with E-state index in [0.717, 1.165) is 162 Å². The van der Waals surface area contributed by atoms with Gasteiger partial charge in [-0.1, -0.05) is 182 Å². The van der Waals surface area contributed by atoms with E-state index in [1.807, 2.05) is 96.3 Å². The standard InChI is InChI=1S/C19H24O2S.3C18H24O2S.C18H26OS.C17H22O4S2.C16H22O3S2/c1-3-11(2)12-4-6-14(7-5-12)21-19(20)16-9-13-8-15(16)18-17(13)10-22-18;2*1-3-12(2)14-5-7-15(8-6-14)20-18(19)11-13-4-9-16-17(10-13)21-16;1-3-12(2)13-6-8-16(9-7-13)20-18(19)14-4-5-15-11-21-17(15)10-14;1-3-13(2)15-6-8-17(9-7-15)19-11-14-4-5-16-12-20-18(16)10-14;1-3-12(2)13-4-6-14(7-5-13)21-23(19,20)11-17-9-8-15(22-17)10-16(17)18;1-3-11(2)12-4-6-13(7-5-12)19-21(17,18)14-8-9-15-16(10-14)20-15/h4-7,11,13,15-18H,3,8-10H2,1-2H3;2*5-8,12-13,16-17H,3-4,9-11H2,1-2H3;6-9,12,14-15,17H,3-5,10-11H2,1-2H3;6-9,13-14,16,18H,3-5,10-12H2,1-2H3;4-7,12,15H,3,8-11H2,1-2H3;4-7,11,14-16H,3,8-10H2,1-2H3. The average molecular weight is 2200 g/mol. The van der Waals surface area contributed by atoms with Crippen LogP contribution >= 0.6 is 82.3 Å². The normalized spacial score (nSPS) is 30.1. The Morgan fingerprint density at radius 3 is 1.09 bits per heavy atom. The lowest BCUT2D eigenvalue weighted by atomic mass is 9.82. The van der Waals surface area contributed by atoms with Crippen molar-refractivity contribution in [3.05, 3.63) is 209 Å². The molecule has 0 amide bonds. The Balaban J connectivity index is 0.000000124. The maximum atomic E-state index is 12.5. The van der Waals surface area contributed by atoms with Gasteiger partial charge >= 0.3 is 44.1 Å². The van der Waals surface area contributed by atoms with Crippen LogP contribution in [0.25, 0.3) is 0 Å². The monoisotopic (exact) mass is 2200 g/mol. The third-order valence-corrected chi connectivity index (χ3v) is 49.8. The SMILES string of the molecule is CCC(C)c1ccc(OC(=O)C2CC3CC2C2SCC32)cc1.CCC(C)c1ccc(OC(=O)C2CCC3CSC3C2)cc1.CCC(C)c1ccc(OC(=O)CC2CCC3SC3C2)cc1.CCC(C)c1ccc(OC(=O)CC2CCC3SC3C2)cc1.CCC(C)c1ccc(OCC2CCC3CSC3C2)cc1.CCC(C)c1ccc(OS(=O)(=O)C2CCC3SC3C2)cc1.CCC(C)c1ccc(OS(=O)(=O)CC23CCC(CC2=O)S3)cc1. The van der Waals surface area contributed by atoms with Crippen molar-refractivity contribution in [3.63, 3.8) is 0 Å². The molecule has 149 heavy (non-hydrogen) atoms. The van der Waals surface area contributed by atoms with Crippen molar-refractivity contribution < 1.29 is 72.9 Å². The number of rotatable bonds is 34. The lowest BCUT2D eigenvalue weighted by molar-refractivity contribution is -0.141. The Bertz CT molecular complexity index is 5640. The Kier molecular flexibility index (Phi) is 41.6. The summed E-state index contributed by atoms with van der Waals surface area (Å²) in [6, 6.07) is 55.5. The zero-order valence-corrected chi connectivity index (χ0v) is 97.9. The summed E-state index contributed by atoms with van der Waals surface area (Å²) in [6.45, 7) is 31.6. The van der Waals surface area contributed by atoms with E-state index in [0.29, 0.717) is 140 Å². The van der Waals surface area contributed by atoms with E-state index in [2.05, 4.69) is 217 Å². The summed E-state index contributed by atoms with van der Waals surface area (Å²) in [5.41, 5.74) is 9.04. The molecule has 7 aromatic rings. The fourth-order valence-electron chi connectivity index (χ4n) is 23.7. The first-order chi connectivity index (χ1) is 71.7. The van der Waals surface area contributed by atoms with Crippen LogP contribution in [-0.4, -0.2) is 139 Å². The molecule has 0 spiro atoms. The van der Waals surface area contributed by atoms with Gasteiger partial charge < -0.3 is 32.1 Å². The second-order valence-corrected chi connectivity index (χ2v) is 59.0. The highest BCUT2D eigenvalue weighted by Gasteiger charge is 2.60. The van der Waals surface area contributed by atoms with Crippen LogP contribution in [0.15, 0.2) is 170 Å². The zero-order valence-electron chi connectivity index (χ0n) is 90.6. The van der Waals surface area contributed by atoms with Gasteiger partial charge in [-0.3, -0.25) is 24.0 Å². The van der Waals surface area contributed by atoms with Gasteiger partial charge in [0.05, 0.1) is 28.4 Å². The molecule has 812 valence electrons. The van der Waals surface area contributed by atoms with Gasteiger partial charge in [0.25, 0.3) is 0 Å². The van der Waals surface area contributed by atoms with Crippen LogP contribution in [0.1, 0.15) is 364 Å². The zero-order chi connectivity index (χ0) is 105. The minimum atomic E-state index is -3.78. The first-order valence-electron chi connectivity index (χ1n) is 56.8. The molecule has 8 saturated heterocycles. The second-order valence-electron chi connectivity index (χ2n) is 45.8. The van der Waals surface area contributed by atoms with Crippen LogP contribution in [0.3, 0.4) is 0 Å². The highest BCUT2D eigenvalue weighted by atomic mass is 32.2. The number of ether oxygens (including phenoxy) is 5. The minimum absolute atomic E-state index is 0.00902. The molecule has 8 aliphatic heterocycles. The molecular formula is C124H166O16S9. The van der Waals surface area contributed by atoms with Crippen LogP contribution in [0, 0.1) is 59.2 Å². The average Bonchev–Trinajstić information content (AvgIpc) is 1.58. The van der Waals surface area contributed by atoms with Gasteiger partial charge in [0.1, 0.15) is 46.0 Å². The molecule has 25 heteroatoms. The van der Waals surface area contributed by atoms with E-state index in [9.17, 15) is 40.8 Å². The van der Waals surface area contributed by atoms with Gasteiger partial charge in [0.2, 0.25) is 0 Å². The topological polar surface area (TPSA) is 218 Å². The Hall–Kier alpha value is -6.16. The maximum absolute atomic E-state index is 12.5. The minimum Gasteiger partial charge on any atom is -0.493 e. The number of ketones is 1. The molecule has 22 rings (SSSR count). The predicted octanol–water partition coefficient (Wildman–Crippen LogP) is 31.3. The molecule has 0 radical (unpaired) electrons. The van der Waals surface area contributed by atoms with Crippen LogP contribution < -0.4 is 32.1 Å². The van der Waals surface area contributed by atoms with Crippen molar-refractivity contribution in [2.75, 3.05) is 29.6 Å². The Labute approximate surface area is 922 Å². The van der Waals surface area contributed by atoms with E-state index in [1.54, 1.807) is 24.3 Å². The fourth-order valence-corrected chi connectivity index (χ4v) is 37.0. The first-order valence-corrected chi connectivity index (χ1v) is 66.7. The second kappa shape index (κ2) is 53.7. The van der Waals surface area contributed by atoms with E-state index in [4.69, 9.17) is 32.1 Å². The molecule has 0 aromatic heterocycles. The molecule has 15 aliphatic rings. The third kappa shape index (κ3) is 31.7. The van der Waals surface area contributed by atoms with Gasteiger partial charge in [-0.15, -0.1) is 11.8 Å². The van der Waals surface area contributed by atoms with Crippen molar-refractivity contribution in [2.45, 2.75) is 387 Å². The summed E-state index contributed by atoms with van der Waals surface area (Å²) in [5.74, 6) is 18.4. The van der Waals surface area contributed by atoms with E-state index in [-0.39, 0.29) is 52.5 Å². The van der Waals surface area contributed by atoms with Crippen LogP contribution in [0.5, 0.6) is 40.2 Å². The van der Waals surface area contributed by atoms with E-state index < -0.39 is 25.0 Å². The van der Waals surface area contributed by atoms with Crippen molar-refractivity contribution in [2.24, 2.45) is 59.2 Å². The number of benzene rings is 7. The van der Waals surface area contributed by atoms with Gasteiger partial charge in [-0.2, -0.15) is 87.4 Å². The fraction of sp³-hybridized carbons (Fsp3) is 0.621. The summed E-state index contributed by atoms with van der Waals surface area (Å²) < 4.78 is 87.5. The highest BCUT2D eigenvalue weighted by Crippen LogP contribution is 2.63. The Morgan fingerprint density at radius 2 is 0.725 bits per heavy atom. The molecule has 7 saturated carbocycles.